The standard InChI is InChI=1S/C18H28N2O/c1-14-12-16(15(2)19(14)3)17(21)13-20-10-8-18(9-11-20)6-4-5-7-18/h12H,4-11,13H2,1-3H3. The molecule has 0 N–H and O–H groups in total. The number of hydrogen-bond donors (Lipinski definition) is 0. The molecule has 0 unspecified atom stereocenters. The molecule has 1 saturated carbocycles. The summed E-state index contributed by atoms with van der Waals surface area (Å²) < 4.78 is 2.11. The van der Waals surface area contributed by atoms with Gasteiger partial charge in [0.25, 0.3) is 0 Å². The first-order valence-corrected chi connectivity index (χ1v) is 8.39. The summed E-state index contributed by atoms with van der Waals surface area (Å²) in [4.78, 5) is 14.9. The summed E-state index contributed by atoms with van der Waals surface area (Å²) in [5, 5.41) is 0. The number of hydrogen-bond acceptors (Lipinski definition) is 2. The predicted molar refractivity (Wildman–Crippen MR) is 85.8 cm³/mol. The summed E-state index contributed by atoms with van der Waals surface area (Å²) in [7, 11) is 2.03. The SMILES string of the molecule is Cc1cc(C(=O)CN2CCC3(CCCC3)CC2)c(C)n1C. The van der Waals surface area contributed by atoms with Crippen molar-refractivity contribution in [1.82, 2.24) is 9.47 Å². The highest BCUT2D eigenvalue weighted by Gasteiger charge is 2.37. The largest absolute Gasteiger partial charge is 0.351 e. The van der Waals surface area contributed by atoms with Crippen molar-refractivity contribution in [2.24, 2.45) is 12.5 Å². The topological polar surface area (TPSA) is 25.2 Å². The van der Waals surface area contributed by atoms with Gasteiger partial charge in [-0.2, -0.15) is 0 Å². The summed E-state index contributed by atoms with van der Waals surface area (Å²) >= 11 is 0. The number of rotatable bonds is 3. The molecule has 1 spiro atoms. The Balaban J connectivity index is 1.60. The van der Waals surface area contributed by atoms with Gasteiger partial charge >= 0.3 is 0 Å². The van der Waals surface area contributed by atoms with Crippen LogP contribution in [0, 0.1) is 19.3 Å². The van der Waals surface area contributed by atoms with Crippen LogP contribution in [-0.2, 0) is 7.05 Å². The average molecular weight is 288 g/mol. The second-order valence-electron chi connectivity index (χ2n) is 7.25. The summed E-state index contributed by atoms with van der Waals surface area (Å²) in [5.74, 6) is 0.290. The number of Topliss-reactive ketones (excluding diaryl/α,β-unsaturated/α-hetero) is 1. The molecule has 3 heteroatoms. The van der Waals surface area contributed by atoms with Crippen LogP contribution in [0.5, 0.6) is 0 Å². The van der Waals surface area contributed by atoms with E-state index in [1.54, 1.807) is 0 Å². The second-order valence-corrected chi connectivity index (χ2v) is 7.25. The van der Waals surface area contributed by atoms with Gasteiger partial charge in [-0.1, -0.05) is 12.8 Å². The van der Waals surface area contributed by atoms with E-state index >= 15 is 0 Å². The van der Waals surface area contributed by atoms with Crippen LogP contribution in [0.3, 0.4) is 0 Å². The maximum Gasteiger partial charge on any atom is 0.178 e. The number of likely N-dealkylation sites (tertiary alicyclic amines) is 1. The smallest absolute Gasteiger partial charge is 0.178 e. The van der Waals surface area contributed by atoms with Crippen molar-refractivity contribution in [2.45, 2.75) is 52.4 Å². The zero-order valence-corrected chi connectivity index (χ0v) is 13.7. The van der Waals surface area contributed by atoms with Gasteiger partial charge in [0.2, 0.25) is 0 Å². The molecule has 1 aromatic rings. The maximum atomic E-state index is 12.6. The van der Waals surface area contributed by atoms with Crippen molar-refractivity contribution in [3.05, 3.63) is 23.0 Å². The molecule has 116 valence electrons. The molecule has 1 aliphatic carbocycles. The molecule has 0 aromatic carbocycles. The van der Waals surface area contributed by atoms with Crippen molar-refractivity contribution in [3.8, 4) is 0 Å². The van der Waals surface area contributed by atoms with Gasteiger partial charge in [-0.15, -0.1) is 0 Å². The Kier molecular flexibility index (Phi) is 3.96. The van der Waals surface area contributed by atoms with E-state index in [0.29, 0.717) is 17.7 Å². The van der Waals surface area contributed by atoms with Gasteiger partial charge in [-0.25, -0.2) is 0 Å². The minimum Gasteiger partial charge on any atom is -0.351 e. The monoisotopic (exact) mass is 288 g/mol. The highest BCUT2D eigenvalue weighted by Crippen LogP contribution is 2.46. The molecule has 0 radical (unpaired) electrons. The molecular formula is C18H28N2O. The van der Waals surface area contributed by atoms with Crippen LogP contribution < -0.4 is 0 Å². The summed E-state index contributed by atoms with van der Waals surface area (Å²) in [5.41, 5.74) is 3.82. The number of carbonyl (C=O) groups is 1. The van der Waals surface area contributed by atoms with Gasteiger partial charge in [0.05, 0.1) is 6.54 Å². The molecule has 21 heavy (non-hydrogen) atoms. The van der Waals surface area contributed by atoms with Crippen LogP contribution in [0.4, 0.5) is 0 Å². The lowest BCUT2D eigenvalue weighted by Crippen LogP contribution is -2.41. The molecule has 3 rings (SSSR count). The molecule has 2 fully saturated rings. The molecule has 0 atom stereocenters. The fourth-order valence-electron chi connectivity index (χ4n) is 4.24. The number of aromatic nitrogens is 1. The molecular weight excluding hydrogens is 260 g/mol. The lowest BCUT2D eigenvalue weighted by Gasteiger charge is -2.39. The summed E-state index contributed by atoms with van der Waals surface area (Å²) in [6.07, 6.45) is 8.28. The van der Waals surface area contributed by atoms with Crippen LogP contribution in [0.15, 0.2) is 6.07 Å². The molecule has 1 saturated heterocycles. The Hall–Kier alpha value is -1.09. The van der Waals surface area contributed by atoms with E-state index in [1.807, 2.05) is 20.0 Å². The normalized spacial score (nSPS) is 22.0. The van der Waals surface area contributed by atoms with Crippen molar-refractivity contribution >= 4 is 5.78 Å². The van der Waals surface area contributed by atoms with E-state index < -0.39 is 0 Å². The van der Waals surface area contributed by atoms with Gasteiger partial charge < -0.3 is 4.57 Å². The Labute approximate surface area is 128 Å². The first kappa shape index (κ1) is 14.8. The van der Waals surface area contributed by atoms with Crippen LogP contribution >= 0.6 is 0 Å². The van der Waals surface area contributed by atoms with Gasteiger partial charge in [-0.05, 0) is 64.1 Å². The number of piperidine rings is 1. The van der Waals surface area contributed by atoms with Crippen LogP contribution in [-0.4, -0.2) is 34.9 Å². The third kappa shape index (κ3) is 2.80. The fraction of sp³-hybridized carbons (Fsp3) is 0.722. The van der Waals surface area contributed by atoms with E-state index in [2.05, 4.69) is 16.4 Å². The first-order chi connectivity index (χ1) is 10.0. The predicted octanol–water partition coefficient (Wildman–Crippen LogP) is 3.48. The summed E-state index contributed by atoms with van der Waals surface area (Å²) in [6, 6.07) is 2.04. The lowest BCUT2D eigenvalue weighted by atomic mass is 9.77. The third-order valence-electron chi connectivity index (χ3n) is 6.02. The van der Waals surface area contributed by atoms with Crippen molar-refractivity contribution in [3.63, 3.8) is 0 Å². The molecule has 3 nitrogen and oxygen atoms in total. The van der Waals surface area contributed by atoms with Gasteiger partial charge in [-0.3, -0.25) is 9.69 Å². The minimum absolute atomic E-state index is 0.290. The van der Waals surface area contributed by atoms with E-state index in [0.717, 1.165) is 24.3 Å². The van der Waals surface area contributed by atoms with Crippen LogP contribution in [0.1, 0.15) is 60.3 Å². The number of ketones is 1. The molecule has 0 bridgehead atoms. The maximum absolute atomic E-state index is 12.6. The zero-order valence-electron chi connectivity index (χ0n) is 13.7. The van der Waals surface area contributed by atoms with Crippen molar-refractivity contribution in [1.29, 1.82) is 0 Å². The summed E-state index contributed by atoms with van der Waals surface area (Å²) in [6.45, 7) is 6.92. The molecule has 2 aliphatic rings. The fourth-order valence-corrected chi connectivity index (χ4v) is 4.24. The van der Waals surface area contributed by atoms with Crippen LogP contribution in [0.25, 0.3) is 0 Å². The minimum atomic E-state index is 0.290. The Morgan fingerprint density at radius 3 is 2.29 bits per heavy atom. The van der Waals surface area contributed by atoms with Crippen molar-refractivity contribution in [2.75, 3.05) is 19.6 Å². The molecule has 2 heterocycles. The Morgan fingerprint density at radius 1 is 1.14 bits per heavy atom. The van der Waals surface area contributed by atoms with Gasteiger partial charge in [0.1, 0.15) is 0 Å². The quantitative estimate of drug-likeness (QED) is 0.796. The van der Waals surface area contributed by atoms with E-state index in [-0.39, 0.29) is 0 Å². The second kappa shape index (κ2) is 5.60. The molecule has 1 aliphatic heterocycles. The number of carbonyl (C=O) groups excluding carboxylic acids is 1. The van der Waals surface area contributed by atoms with Crippen molar-refractivity contribution < 1.29 is 4.79 Å². The average Bonchev–Trinajstić information content (AvgIpc) is 3.03. The van der Waals surface area contributed by atoms with E-state index in [9.17, 15) is 4.79 Å². The third-order valence-corrected chi connectivity index (χ3v) is 6.02. The lowest BCUT2D eigenvalue weighted by molar-refractivity contribution is 0.0796. The highest BCUT2D eigenvalue weighted by molar-refractivity contribution is 5.99. The highest BCUT2D eigenvalue weighted by atomic mass is 16.1. The number of nitrogens with zero attached hydrogens (tertiary/aromatic N) is 2. The van der Waals surface area contributed by atoms with E-state index in [1.165, 1.54) is 44.2 Å². The zero-order chi connectivity index (χ0) is 15.0. The Bertz CT molecular complexity index is 528. The van der Waals surface area contributed by atoms with Gasteiger partial charge in [0.15, 0.2) is 5.78 Å². The molecule has 0 amide bonds. The number of aryl methyl sites for hydroxylation is 1. The van der Waals surface area contributed by atoms with Crippen LogP contribution in [0.2, 0.25) is 0 Å². The molecule has 1 aromatic heterocycles. The van der Waals surface area contributed by atoms with Gasteiger partial charge in [0, 0.05) is 24.0 Å². The van der Waals surface area contributed by atoms with E-state index in [4.69, 9.17) is 0 Å². The first-order valence-electron chi connectivity index (χ1n) is 8.39. The Morgan fingerprint density at radius 2 is 1.76 bits per heavy atom.